The molecule has 0 saturated heterocycles. The minimum Gasteiger partial charge on any atom is -0.389 e. The van der Waals surface area contributed by atoms with Crippen LogP contribution >= 0.6 is 0 Å². The molecule has 2 amide bonds. The second-order valence-corrected chi connectivity index (χ2v) is 6.19. The third-order valence-electron chi connectivity index (χ3n) is 4.32. The summed E-state index contributed by atoms with van der Waals surface area (Å²) in [6, 6.07) is 10.2. The van der Waals surface area contributed by atoms with Gasteiger partial charge in [0.05, 0.1) is 12.7 Å². The van der Waals surface area contributed by atoms with E-state index in [1.54, 1.807) is 0 Å². The van der Waals surface area contributed by atoms with Crippen LogP contribution < -0.4 is 10.6 Å². The minimum absolute atomic E-state index is 0.184. The average Bonchev–Trinajstić information content (AvgIpc) is 2.49. The summed E-state index contributed by atoms with van der Waals surface area (Å²) in [6.45, 7) is 1.09. The molecule has 0 heterocycles. The van der Waals surface area contributed by atoms with E-state index in [-0.39, 0.29) is 24.6 Å². The number of benzene rings is 1. The molecule has 1 aliphatic rings. The molecule has 1 aromatic carbocycles. The Labute approximate surface area is 132 Å². The van der Waals surface area contributed by atoms with Gasteiger partial charge in [0.15, 0.2) is 0 Å². The van der Waals surface area contributed by atoms with E-state index in [1.807, 2.05) is 6.07 Å². The zero-order valence-corrected chi connectivity index (χ0v) is 13.2. The van der Waals surface area contributed by atoms with Crippen LogP contribution in [0.25, 0.3) is 0 Å². The van der Waals surface area contributed by atoms with Crippen LogP contribution in [-0.4, -0.2) is 44.0 Å². The standard InChI is InChI=1S/C17H26N2O3/c1-22-12-15(20)11-18-16(21)19-13-17(8-5-9-17)10-14-6-3-2-4-7-14/h2-4,6-7,15,20H,5,8-13H2,1H3,(H2,18,19,21). The van der Waals surface area contributed by atoms with E-state index < -0.39 is 6.10 Å². The molecule has 5 nitrogen and oxygen atoms in total. The molecule has 0 radical (unpaired) electrons. The fraction of sp³-hybridized carbons (Fsp3) is 0.588. The van der Waals surface area contributed by atoms with Crippen molar-refractivity contribution in [2.24, 2.45) is 5.41 Å². The van der Waals surface area contributed by atoms with E-state index in [9.17, 15) is 9.90 Å². The van der Waals surface area contributed by atoms with Crippen molar-refractivity contribution in [3.8, 4) is 0 Å². The lowest BCUT2D eigenvalue weighted by Crippen LogP contribution is -2.48. The lowest BCUT2D eigenvalue weighted by atomic mass is 9.65. The monoisotopic (exact) mass is 306 g/mol. The summed E-state index contributed by atoms with van der Waals surface area (Å²) >= 11 is 0. The molecule has 3 N–H and O–H groups in total. The maximum absolute atomic E-state index is 11.8. The largest absolute Gasteiger partial charge is 0.389 e. The van der Waals surface area contributed by atoms with Crippen LogP contribution in [0, 0.1) is 5.41 Å². The maximum atomic E-state index is 11.8. The number of ether oxygens (including phenoxy) is 1. The quantitative estimate of drug-likeness (QED) is 0.685. The van der Waals surface area contributed by atoms with Gasteiger partial charge in [0, 0.05) is 20.2 Å². The van der Waals surface area contributed by atoms with E-state index in [0.717, 1.165) is 19.3 Å². The molecule has 0 spiro atoms. The Balaban J connectivity index is 1.75. The molecule has 1 unspecified atom stereocenters. The van der Waals surface area contributed by atoms with Gasteiger partial charge in [-0.3, -0.25) is 0 Å². The van der Waals surface area contributed by atoms with Gasteiger partial charge in [0.1, 0.15) is 0 Å². The van der Waals surface area contributed by atoms with Crippen molar-refractivity contribution >= 4 is 6.03 Å². The van der Waals surface area contributed by atoms with Crippen molar-refractivity contribution in [3.63, 3.8) is 0 Å². The highest BCUT2D eigenvalue weighted by Gasteiger charge is 2.37. The number of hydrogen-bond donors (Lipinski definition) is 3. The van der Waals surface area contributed by atoms with Crippen LogP contribution in [0.4, 0.5) is 4.79 Å². The van der Waals surface area contributed by atoms with E-state index in [2.05, 4.69) is 34.9 Å². The number of aliphatic hydroxyl groups is 1. The number of nitrogens with one attached hydrogen (secondary N) is 2. The first-order chi connectivity index (χ1) is 10.6. The lowest BCUT2D eigenvalue weighted by molar-refractivity contribution is 0.0656. The fourth-order valence-electron chi connectivity index (χ4n) is 2.91. The molecule has 0 bridgehead atoms. The summed E-state index contributed by atoms with van der Waals surface area (Å²) in [6.07, 6.45) is 3.85. The fourth-order valence-corrected chi connectivity index (χ4v) is 2.91. The molecule has 0 aromatic heterocycles. The Hall–Kier alpha value is -1.59. The Morgan fingerprint density at radius 3 is 2.64 bits per heavy atom. The minimum atomic E-state index is -0.669. The smallest absolute Gasteiger partial charge is 0.314 e. The molecule has 1 fully saturated rings. The van der Waals surface area contributed by atoms with Gasteiger partial charge in [0.25, 0.3) is 0 Å². The molecule has 0 aliphatic heterocycles. The van der Waals surface area contributed by atoms with Crippen LogP contribution in [0.15, 0.2) is 30.3 Å². The number of methoxy groups -OCH3 is 1. The molecule has 122 valence electrons. The number of amides is 2. The summed E-state index contributed by atoms with van der Waals surface area (Å²) in [7, 11) is 1.52. The summed E-state index contributed by atoms with van der Waals surface area (Å²) < 4.78 is 4.82. The highest BCUT2D eigenvalue weighted by Crippen LogP contribution is 2.43. The van der Waals surface area contributed by atoms with Gasteiger partial charge in [-0.1, -0.05) is 36.8 Å². The zero-order valence-electron chi connectivity index (χ0n) is 13.2. The topological polar surface area (TPSA) is 70.6 Å². The van der Waals surface area contributed by atoms with Crippen molar-refractivity contribution < 1.29 is 14.6 Å². The normalized spacial score (nSPS) is 17.4. The van der Waals surface area contributed by atoms with Crippen LogP contribution in [0.2, 0.25) is 0 Å². The molecular weight excluding hydrogens is 280 g/mol. The summed E-state index contributed by atoms with van der Waals surface area (Å²) in [5.74, 6) is 0. The third-order valence-corrected chi connectivity index (χ3v) is 4.32. The molecule has 1 atom stereocenters. The number of rotatable bonds is 8. The Kier molecular flexibility index (Phi) is 6.21. The Morgan fingerprint density at radius 2 is 2.05 bits per heavy atom. The van der Waals surface area contributed by atoms with Gasteiger partial charge < -0.3 is 20.5 Å². The van der Waals surface area contributed by atoms with E-state index in [4.69, 9.17) is 4.74 Å². The first-order valence-corrected chi connectivity index (χ1v) is 7.86. The molecule has 1 aromatic rings. The maximum Gasteiger partial charge on any atom is 0.314 e. The van der Waals surface area contributed by atoms with Gasteiger partial charge in [-0.25, -0.2) is 4.79 Å². The van der Waals surface area contributed by atoms with Crippen molar-refractivity contribution in [1.82, 2.24) is 10.6 Å². The predicted molar refractivity (Wildman–Crippen MR) is 85.7 cm³/mol. The van der Waals surface area contributed by atoms with Gasteiger partial charge in [-0.05, 0) is 30.2 Å². The summed E-state index contributed by atoms with van der Waals surface area (Å²) in [5.41, 5.74) is 1.50. The first-order valence-electron chi connectivity index (χ1n) is 7.86. The van der Waals surface area contributed by atoms with Crippen molar-refractivity contribution in [3.05, 3.63) is 35.9 Å². The van der Waals surface area contributed by atoms with Crippen LogP contribution in [0.1, 0.15) is 24.8 Å². The highest BCUT2D eigenvalue weighted by molar-refractivity contribution is 5.73. The van der Waals surface area contributed by atoms with Crippen LogP contribution in [0.5, 0.6) is 0 Å². The SMILES string of the molecule is COCC(O)CNC(=O)NCC1(Cc2ccccc2)CCC1. The predicted octanol–water partition coefficient (Wildman–Crippen LogP) is 1.71. The second kappa shape index (κ2) is 8.15. The van der Waals surface area contributed by atoms with Crippen molar-refractivity contribution in [1.29, 1.82) is 0 Å². The summed E-state index contributed by atoms with van der Waals surface area (Å²) in [4.78, 5) is 11.8. The van der Waals surface area contributed by atoms with E-state index in [0.29, 0.717) is 6.54 Å². The van der Waals surface area contributed by atoms with Crippen molar-refractivity contribution in [2.75, 3.05) is 26.8 Å². The van der Waals surface area contributed by atoms with E-state index >= 15 is 0 Å². The van der Waals surface area contributed by atoms with Crippen molar-refractivity contribution in [2.45, 2.75) is 31.8 Å². The number of aliphatic hydroxyl groups excluding tert-OH is 1. The van der Waals surface area contributed by atoms with E-state index in [1.165, 1.54) is 19.1 Å². The van der Waals surface area contributed by atoms with Gasteiger partial charge in [-0.2, -0.15) is 0 Å². The molecular formula is C17H26N2O3. The molecule has 1 saturated carbocycles. The van der Waals surface area contributed by atoms with Gasteiger partial charge >= 0.3 is 6.03 Å². The summed E-state index contributed by atoms with van der Waals surface area (Å²) in [5, 5.41) is 15.1. The highest BCUT2D eigenvalue weighted by atomic mass is 16.5. The average molecular weight is 306 g/mol. The molecule has 2 rings (SSSR count). The van der Waals surface area contributed by atoms with Gasteiger partial charge in [0.2, 0.25) is 0 Å². The zero-order chi connectivity index (χ0) is 15.8. The molecule has 5 heteroatoms. The van der Waals surface area contributed by atoms with Gasteiger partial charge in [-0.15, -0.1) is 0 Å². The lowest BCUT2D eigenvalue weighted by Gasteiger charge is -2.42. The Bertz CT molecular complexity index is 460. The number of carbonyl (C=O) groups is 1. The molecule has 22 heavy (non-hydrogen) atoms. The number of hydrogen-bond acceptors (Lipinski definition) is 3. The van der Waals surface area contributed by atoms with Crippen LogP contribution in [-0.2, 0) is 11.2 Å². The third kappa shape index (κ3) is 5.00. The number of carbonyl (C=O) groups excluding carboxylic acids is 1. The molecule has 1 aliphatic carbocycles. The first kappa shape index (κ1) is 16.8. The Morgan fingerprint density at radius 1 is 1.32 bits per heavy atom. The number of urea groups is 1. The second-order valence-electron chi connectivity index (χ2n) is 6.19. The van der Waals surface area contributed by atoms with Crippen LogP contribution in [0.3, 0.4) is 0 Å².